The SMILES string of the molecule is Cc1ccccc1O[C@H](C)CC[C@H](C)NCCO. The molecule has 1 rings (SSSR count). The lowest BCUT2D eigenvalue weighted by Gasteiger charge is -2.19. The minimum atomic E-state index is 0.194. The van der Waals surface area contributed by atoms with Gasteiger partial charge in [0.25, 0.3) is 0 Å². The van der Waals surface area contributed by atoms with E-state index >= 15 is 0 Å². The van der Waals surface area contributed by atoms with Gasteiger partial charge in [-0.3, -0.25) is 0 Å². The summed E-state index contributed by atoms with van der Waals surface area (Å²) in [7, 11) is 0. The molecule has 0 amide bonds. The van der Waals surface area contributed by atoms with Crippen molar-refractivity contribution in [1.29, 1.82) is 0 Å². The van der Waals surface area contributed by atoms with E-state index in [0.717, 1.165) is 18.6 Å². The van der Waals surface area contributed by atoms with Gasteiger partial charge >= 0.3 is 0 Å². The highest BCUT2D eigenvalue weighted by Gasteiger charge is 2.08. The molecule has 1 aromatic rings. The lowest BCUT2D eigenvalue weighted by molar-refractivity contribution is 0.200. The van der Waals surface area contributed by atoms with Crippen LogP contribution in [0.4, 0.5) is 0 Å². The smallest absolute Gasteiger partial charge is 0.122 e. The lowest BCUT2D eigenvalue weighted by Crippen LogP contribution is -2.30. The Bertz CT molecular complexity index is 341. The molecule has 0 heterocycles. The van der Waals surface area contributed by atoms with Gasteiger partial charge in [0.05, 0.1) is 12.7 Å². The Hall–Kier alpha value is -1.06. The highest BCUT2D eigenvalue weighted by molar-refractivity contribution is 5.31. The number of aliphatic hydroxyl groups is 1. The van der Waals surface area contributed by atoms with Crippen molar-refractivity contribution >= 4 is 0 Å². The maximum Gasteiger partial charge on any atom is 0.122 e. The van der Waals surface area contributed by atoms with E-state index in [2.05, 4.69) is 32.2 Å². The molecule has 0 spiro atoms. The number of hydrogen-bond donors (Lipinski definition) is 2. The standard InChI is InChI=1S/C15H25NO2/c1-12-6-4-5-7-15(12)18-14(3)9-8-13(2)16-10-11-17/h4-7,13-14,16-17H,8-11H2,1-3H3/t13-,14+/m0/s1. The van der Waals surface area contributed by atoms with Crippen molar-refractivity contribution in [2.24, 2.45) is 0 Å². The highest BCUT2D eigenvalue weighted by Crippen LogP contribution is 2.19. The first-order valence-electron chi connectivity index (χ1n) is 6.70. The van der Waals surface area contributed by atoms with Gasteiger partial charge in [0.2, 0.25) is 0 Å². The molecule has 0 saturated carbocycles. The molecular formula is C15H25NO2. The van der Waals surface area contributed by atoms with Crippen LogP contribution in [0.15, 0.2) is 24.3 Å². The minimum absolute atomic E-state index is 0.194. The Labute approximate surface area is 110 Å². The molecule has 1 aromatic carbocycles. The Morgan fingerprint density at radius 2 is 1.94 bits per heavy atom. The maximum atomic E-state index is 8.73. The summed E-state index contributed by atoms with van der Waals surface area (Å²) in [6.07, 6.45) is 2.27. The molecule has 0 fully saturated rings. The van der Waals surface area contributed by atoms with E-state index in [9.17, 15) is 0 Å². The minimum Gasteiger partial charge on any atom is -0.490 e. The lowest BCUT2D eigenvalue weighted by atomic mass is 10.1. The summed E-state index contributed by atoms with van der Waals surface area (Å²) < 4.78 is 5.92. The number of para-hydroxylation sites is 1. The van der Waals surface area contributed by atoms with Crippen LogP contribution in [-0.2, 0) is 0 Å². The number of rotatable bonds is 8. The summed E-state index contributed by atoms with van der Waals surface area (Å²) in [5, 5.41) is 12.0. The van der Waals surface area contributed by atoms with E-state index in [4.69, 9.17) is 9.84 Å². The maximum absolute atomic E-state index is 8.73. The number of ether oxygens (including phenoxy) is 1. The molecule has 3 nitrogen and oxygen atoms in total. The number of nitrogens with one attached hydrogen (secondary N) is 1. The zero-order valence-corrected chi connectivity index (χ0v) is 11.6. The van der Waals surface area contributed by atoms with Crippen molar-refractivity contribution in [1.82, 2.24) is 5.32 Å². The summed E-state index contributed by atoms with van der Waals surface area (Å²) in [5.41, 5.74) is 1.18. The summed E-state index contributed by atoms with van der Waals surface area (Å²) >= 11 is 0. The molecule has 0 bridgehead atoms. The van der Waals surface area contributed by atoms with Gasteiger partial charge in [-0.2, -0.15) is 0 Å². The van der Waals surface area contributed by atoms with Crippen molar-refractivity contribution in [2.75, 3.05) is 13.2 Å². The molecule has 102 valence electrons. The summed E-state index contributed by atoms with van der Waals surface area (Å²) in [5.74, 6) is 0.973. The largest absolute Gasteiger partial charge is 0.490 e. The zero-order valence-electron chi connectivity index (χ0n) is 11.6. The second kappa shape index (κ2) is 8.11. The Morgan fingerprint density at radius 1 is 1.22 bits per heavy atom. The first-order valence-corrected chi connectivity index (χ1v) is 6.70. The Balaban J connectivity index is 2.29. The molecule has 0 aliphatic carbocycles. The van der Waals surface area contributed by atoms with Crippen LogP contribution in [0.5, 0.6) is 5.75 Å². The van der Waals surface area contributed by atoms with Crippen LogP contribution >= 0.6 is 0 Å². The zero-order chi connectivity index (χ0) is 13.4. The van der Waals surface area contributed by atoms with Crippen LogP contribution in [0.1, 0.15) is 32.3 Å². The fourth-order valence-corrected chi connectivity index (χ4v) is 1.86. The Kier molecular flexibility index (Phi) is 6.76. The second-order valence-electron chi connectivity index (χ2n) is 4.85. The number of aryl methyl sites for hydroxylation is 1. The van der Waals surface area contributed by atoms with Crippen LogP contribution in [0.3, 0.4) is 0 Å². The normalized spacial score (nSPS) is 14.2. The molecule has 2 N–H and O–H groups in total. The van der Waals surface area contributed by atoms with Crippen LogP contribution in [0, 0.1) is 6.92 Å². The van der Waals surface area contributed by atoms with Crippen molar-refractivity contribution in [3.05, 3.63) is 29.8 Å². The fraction of sp³-hybridized carbons (Fsp3) is 0.600. The van der Waals surface area contributed by atoms with E-state index in [1.165, 1.54) is 5.56 Å². The molecule has 0 unspecified atom stereocenters. The van der Waals surface area contributed by atoms with Crippen molar-refractivity contribution in [3.8, 4) is 5.75 Å². The predicted molar refractivity (Wildman–Crippen MR) is 75.1 cm³/mol. The summed E-state index contributed by atoms with van der Waals surface area (Å²) in [6, 6.07) is 8.51. The van der Waals surface area contributed by atoms with Crippen molar-refractivity contribution in [3.63, 3.8) is 0 Å². The van der Waals surface area contributed by atoms with Gasteiger partial charge in [-0.05, 0) is 45.2 Å². The van der Waals surface area contributed by atoms with Crippen LogP contribution < -0.4 is 10.1 Å². The van der Waals surface area contributed by atoms with E-state index < -0.39 is 0 Å². The molecule has 18 heavy (non-hydrogen) atoms. The van der Waals surface area contributed by atoms with Gasteiger partial charge in [-0.25, -0.2) is 0 Å². The summed E-state index contributed by atoms with van der Waals surface area (Å²) in [4.78, 5) is 0. The number of aliphatic hydroxyl groups excluding tert-OH is 1. The average Bonchev–Trinajstić information content (AvgIpc) is 2.36. The quantitative estimate of drug-likeness (QED) is 0.746. The van der Waals surface area contributed by atoms with Gasteiger partial charge in [0, 0.05) is 12.6 Å². The van der Waals surface area contributed by atoms with E-state index in [0.29, 0.717) is 12.6 Å². The predicted octanol–water partition coefficient (Wildman–Crippen LogP) is 2.51. The van der Waals surface area contributed by atoms with Gasteiger partial charge in [0.15, 0.2) is 0 Å². The van der Waals surface area contributed by atoms with E-state index in [1.807, 2.05) is 18.2 Å². The third-order valence-electron chi connectivity index (χ3n) is 3.03. The highest BCUT2D eigenvalue weighted by atomic mass is 16.5. The van der Waals surface area contributed by atoms with Gasteiger partial charge in [-0.1, -0.05) is 18.2 Å². The first-order chi connectivity index (χ1) is 8.63. The molecule has 0 radical (unpaired) electrons. The van der Waals surface area contributed by atoms with Crippen LogP contribution in [0.25, 0.3) is 0 Å². The topological polar surface area (TPSA) is 41.5 Å². The fourth-order valence-electron chi connectivity index (χ4n) is 1.86. The van der Waals surface area contributed by atoms with Crippen LogP contribution in [0.2, 0.25) is 0 Å². The third-order valence-corrected chi connectivity index (χ3v) is 3.03. The van der Waals surface area contributed by atoms with Crippen molar-refractivity contribution < 1.29 is 9.84 Å². The average molecular weight is 251 g/mol. The Morgan fingerprint density at radius 3 is 2.61 bits per heavy atom. The molecule has 0 saturated heterocycles. The van der Waals surface area contributed by atoms with Gasteiger partial charge in [0.1, 0.15) is 5.75 Å². The monoisotopic (exact) mass is 251 g/mol. The summed E-state index contributed by atoms with van der Waals surface area (Å²) in [6.45, 7) is 7.16. The van der Waals surface area contributed by atoms with Gasteiger partial charge < -0.3 is 15.2 Å². The van der Waals surface area contributed by atoms with Gasteiger partial charge in [-0.15, -0.1) is 0 Å². The number of benzene rings is 1. The molecule has 0 aliphatic heterocycles. The van der Waals surface area contributed by atoms with Crippen molar-refractivity contribution in [2.45, 2.75) is 45.8 Å². The second-order valence-corrected chi connectivity index (χ2v) is 4.85. The molecule has 3 heteroatoms. The number of hydrogen-bond acceptors (Lipinski definition) is 3. The third kappa shape index (κ3) is 5.52. The van der Waals surface area contributed by atoms with Crippen LogP contribution in [-0.4, -0.2) is 30.4 Å². The molecule has 0 aliphatic rings. The van der Waals surface area contributed by atoms with E-state index in [-0.39, 0.29) is 12.7 Å². The molecular weight excluding hydrogens is 226 g/mol. The molecule has 0 aromatic heterocycles. The van der Waals surface area contributed by atoms with E-state index in [1.54, 1.807) is 0 Å². The molecule has 2 atom stereocenters. The first kappa shape index (κ1) is 15.0.